The van der Waals surface area contributed by atoms with Gasteiger partial charge in [0.15, 0.2) is 0 Å². The standard InChI is InChI=1S/C17H17ClN2O4S/c1-8-14(17(22)23)25-16(20-8)9(2)19-15(21)11-5-10-6-12(18)3-4-13(10)24-7-11/h3-4,6,9,11H,5,7H2,1-2H3,(H,19,21)(H,22,23). The minimum absolute atomic E-state index is 0.150. The lowest BCUT2D eigenvalue weighted by Crippen LogP contribution is -2.38. The summed E-state index contributed by atoms with van der Waals surface area (Å²) in [6.07, 6.45) is 0.547. The predicted molar refractivity (Wildman–Crippen MR) is 94.5 cm³/mol. The van der Waals surface area contributed by atoms with Crippen LogP contribution in [-0.2, 0) is 11.2 Å². The van der Waals surface area contributed by atoms with Crippen molar-refractivity contribution in [1.29, 1.82) is 0 Å². The van der Waals surface area contributed by atoms with Crippen LogP contribution >= 0.6 is 22.9 Å². The number of carbonyl (C=O) groups is 2. The van der Waals surface area contributed by atoms with E-state index in [4.69, 9.17) is 21.4 Å². The van der Waals surface area contributed by atoms with Crippen LogP contribution in [0.5, 0.6) is 5.75 Å². The van der Waals surface area contributed by atoms with Gasteiger partial charge in [-0.05, 0) is 44.0 Å². The second-order valence-electron chi connectivity index (χ2n) is 5.97. The molecule has 1 aromatic heterocycles. The zero-order chi connectivity index (χ0) is 18.1. The highest BCUT2D eigenvalue weighted by atomic mass is 35.5. The molecule has 0 spiro atoms. The van der Waals surface area contributed by atoms with Crippen molar-refractivity contribution in [3.8, 4) is 5.75 Å². The number of rotatable bonds is 4. The van der Waals surface area contributed by atoms with E-state index in [2.05, 4.69) is 10.3 Å². The van der Waals surface area contributed by atoms with Gasteiger partial charge in [0.1, 0.15) is 22.2 Å². The van der Waals surface area contributed by atoms with Gasteiger partial charge in [0.25, 0.3) is 0 Å². The first-order chi connectivity index (χ1) is 11.8. The van der Waals surface area contributed by atoms with Gasteiger partial charge in [-0.3, -0.25) is 4.79 Å². The molecule has 1 aliphatic heterocycles. The van der Waals surface area contributed by atoms with E-state index in [9.17, 15) is 9.59 Å². The van der Waals surface area contributed by atoms with E-state index in [0.717, 1.165) is 22.6 Å². The molecular weight excluding hydrogens is 364 g/mol. The van der Waals surface area contributed by atoms with Gasteiger partial charge in [-0.15, -0.1) is 11.3 Å². The maximum atomic E-state index is 12.5. The Kier molecular flexibility index (Phi) is 4.96. The van der Waals surface area contributed by atoms with E-state index < -0.39 is 5.97 Å². The zero-order valence-corrected chi connectivity index (χ0v) is 15.3. The summed E-state index contributed by atoms with van der Waals surface area (Å²) in [4.78, 5) is 28.1. The molecule has 0 bridgehead atoms. The van der Waals surface area contributed by atoms with Crippen molar-refractivity contribution >= 4 is 34.8 Å². The summed E-state index contributed by atoms with van der Waals surface area (Å²) in [5.41, 5.74) is 1.36. The molecule has 1 amide bonds. The number of fused-ring (bicyclic) bond motifs is 1. The van der Waals surface area contributed by atoms with Crippen molar-refractivity contribution in [1.82, 2.24) is 10.3 Å². The van der Waals surface area contributed by atoms with Crippen LogP contribution < -0.4 is 10.1 Å². The van der Waals surface area contributed by atoms with E-state index in [1.165, 1.54) is 0 Å². The number of halogens is 1. The molecule has 2 heterocycles. The number of carboxylic acid groups (broad SMARTS) is 1. The van der Waals surface area contributed by atoms with Crippen molar-refractivity contribution < 1.29 is 19.4 Å². The largest absolute Gasteiger partial charge is 0.492 e. The summed E-state index contributed by atoms with van der Waals surface area (Å²) in [5.74, 6) is -0.728. The fourth-order valence-corrected chi connectivity index (χ4v) is 3.83. The van der Waals surface area contributed by atoms with Crippen LogP contribution in [0.15, 0.2) is 18.2 Å². The van der Waals surface area contributed by atoms with Gasteiger partial charge in [0, 0.05) is 5.02 Å². The van der Waals surface area contributed by atoms with Crippen LogP contribution in [0.1, 0.15) is 38.9 Å². The third-order valence-corrected chi connectivity index (χ3v) is 5.60. The molecule has 0 aliphatic carbocycles. The summed E-state index contributed by atoms with van der Waals surface area (Å²) in [6, 6.07) is 5.00. The maximum Gasteiger partial charge on any atom is 0.347 e. The molecule has 0 radical (unpaired) electrons. The van der Waals surface area contributed by atoms with Crippen LogP contribution in [0.2, 0.25) is 5.02 Å². The Hall–Kier alpha value is -2.12. The zero-order valence-electron chi connectivity index (χ0n) is 13.7. The van der Waals surface area contributed by atoms with Crippen LogP contribution in [0.4, 0.5) is 0 Å². The number of aryl methyl sites for hydroxylation is 1. The third-order valence-electron chi connectivity index (χ3n) is 4.04. The van der Waals surface area contributed by atoms with Crippen molar-refractivity contribution in [3.63, 3.8) is 0 Å². The molecule has 0 saturated heterocycles. The Bertz CT molecular complexity index is 836. The van der Waals surface area contributed by atoms with E-state index in [0.29, 0.717) is 28.8 Å². The van der Waals surface area contributed by atoms with Crippen molar-refractivity contribution in [3.05, 3.63) is 44.4 Å². The fraction of sp³-hybridized carbons (Fsp3) is 0.353. The van der Waals surface area contributed by atoms with Gasteiger partial charge in [0.05, 0.1) is 17.7 Å². The first-order valence-electron chi connectivity index (χ1n) is 7.77. The van der Waals surface area contributed by atoms with Gasteiger partial charge >= 0.3 is 5.97 Å². The van der Waals surface area contributed by atoms with Gasteiger partial charge < -0.3 is 15.2 Å². The average molecular weight is 381 g/mol. The number of aromatic nitrogens is 1. The lowest BCUT2D eigenvalue weighted by Gasteiger charge is -2.25. The second kappa shape index (κ2) is 7.01. The molecule has 1 aliphatic rings. The number of nitrogens with zero attached hydrogens (tertiary/aromatic N) is 1. The predicted octanol–water partition coefficient (Wildman–Crippen LogP) is 3.23. The lowest BCUT2D eigenvalue weighted by molar-refractivity contribution is -0.126. The second-order valence-corrected chi connectivity index (χ2v) is 7.43. The quantitative estimate of drug-likeness (QED) is 0.850. The molecular formula is C17H17ClN2O4S. The smallest absolute Gasteiger partial charge is 0.347 e. The first-order valence-corrected chi connectivity index (χ1v) is 8.97. The lowest BCUT2D eigenvalue weighted by atomic mass is 9.96. The topological polar surface area (TPSA) is 88.5 Å². The number of thiazole rings is 1. The Morgan fingerprint density at radius 2 is 2.24 bits per heavy atom. The number of ether oxygens (including phenoxy) is 1. The summed E-state index contributed by atoms with van der Waals surface area (Å²) >= 11 is 7.08. The van der Waals surface area contributed by atoms with Gasteiger partial charge in [-0.25, -0.2) is 9.78 Å². The Morgan fingerprint density at radius 1 is 1.48 bits per heavy atom. The molecule has 0 fully saturated rings. The molecule has 3 rings (SSSR count). The summed E-state index contributed by atoms with van der Waals surface area (Å²) in [7, 11) is 0. The third kappa shape index (κ3) is 3.77. The minimum Gasteiger partial charge on any atom is -0.492 e. The number of aromatic carboxylic acids is 1. The number of benzene rings is 1. The Balaban J connectivity index is 1.68. The molecule has 0 saturated carbocycles. The Labute approximate surface area is 153 Å². The van der Waals surface area contributed by atoms with Crippen LogP contribution in [0.25, 0.3) is 0 Å². The molecule has 6 nitrogen and oxygen atoms in total. The number of hydrogen-bond acceptors (Lipinski definition) is 5. The van der Waals surface area contributed by atoms with E-state index in [1.807, 2.05) is 6.07 Å². The normalized spacial score (nSPS) is 17.3. The molecule has 2 atom stereocenters. The van der Waals surface area contributed by atoms with Crippen molar-refractivity contribution in [2.75, 3.05) is 6.61 Å². The Morgan fingerprint density at radius 3 is 2.92 bits per heavy atom. The summed E-state index contributed by atoms with van der Waals surface area (Å²) in [6.45, 7) is 3.73. The molecule has 2 unspecified atom stereocenters. The monoisotopic (exact) mass is 380 g/mol. The summed E-state index contributed by atoms with van der Waals surface area (Å²) in [5, 5.41) is 13.2. The SMILES string of the molecule is Cc1nc(C(C)NC(=O)C2COc3ccc(Cl)cc3C2)sc1C(=O)O. The van der Waals surface area contributed by atoms with Gasteiger partial charge in [0.2, 0.25) is 5.91 Å². The van der Waals surface area contributed by atoms with Crippen molar-refractivity contribution in [2.45, 2.75) is 26.3 Å². The van der Waals surface area contributed by atoms with E-state index >= 15 is 0 Å². The average Bonchev–Trinajstić information content (AvgIpc) is 2.96. The highest BCUT2D eigenvalue weighted by Crippen LogP contribution is 2.30. The summed E-state index contributed by atoms with van der Waals surface area (Å²) < 4.78 is 5.64. The van der Waals surface area contributed by atoms with Crippen LogP contribution in [0, 0.1) is 12.8 Å². The molecule has 2 aromatic rings. The van der Waals surface area contributed by atoms with Crippen LogP contribution in [-0.4, -0.2) is 28.6 Å². The molecule has 25 heavy (non-hydrogen) atoms. The maximum absolute atomic E-state index is 12.5. The van der Waals surface area contributed by atoms with E-state index in [1.54, 1.807) is 26.0 Å². The molecule has 8 heteroatoms. The number of amides is 1. The van der Waals surface area contributed by atoms with Gasteiger partial charge in [-0.1, -0.05) is 11.6 Å². The highest BCUT2D eigenvalue weighted by molar-refractivity contribution is 7.13. The minimum atomic E-state index is -1.01. The number of hydrogen-bond donors (Lipinski definition) is 2. The van der Waals surface area contributed by atoms with Gasteiger partial charge in [-0.2, -0.15) is 0 Å². The molecule has 132 valence electrons. The molecule has 1 aromatic carbocycles. The fourth-order valence-electron chi connectivity index (χ4n) is 2.73. The molecule has 2 N–H and O–H groups in total. The number of nitrogens with one attached hydrogen (secondary N) is 1. The van der Waals surface area contributed by atoms with Crippen LogP contribution in [0.3, 0.4) is 0 Å². The number of carboxylic acids is 1. The highest BCUT2D eigenvalue weighted by Gasteiger charge is 2.28. The first kappa shape index (κ1) is 17.7. The van der Waals surface area contributed by atoms with E-state index in [-0.39, 0.29) is 22.7 Å². The van der Waals surface area contributed by atoms with Crippen molar-refractivity contribution in [2.24, 2.45) is 5.92 Å². The number of carbonyl (C=O) groups excluding carboxylic acids is 1.